The smallest absolute Gasteiger partial charge is 0.327 e. The summed E-state index contributed by atoms with van der Waals surface area (Å²) < 4.78 is 36.8. The fourth-order valence-corrected chi connectivity index (χ4v) is 1.20. The highest BCUT2D eigenvalue weighted by Crippen LogP contribution is 2.18. The molecule has 104 valence electrons. The van der Waals surface area contributed by atoms with E-state index >= 15 is 0 Å². The minimum Gasteiger partial charge on any atom is -0.327 e. The number of amides is 1. The molecule has 0 aliphatic carbocycles. The van der Waals surface area contributed by atoms with Crippen molar-refractivity contribution < 1.29 is 18.0 Å². The van der Waals surface area contributed by atoms with E-state index in [-0.39, 0.29) is 36.5 Å². The van der Waals surface area contributed by atoms with Crippen LogP contribution in [-0.4, -0.2) is 27.9 Å². The topological polar surface area (TPSA) is 72.9 Å². The molecule has 0 saturated heterocycles. The van der Waals surface area contributed by atoms with Crippen LogP contribution in [0.3, 0.4) is 0 Å². The minimum atomic E-state index is -4.33. The summed E-state index contributed by atoms with van der Waals surface area (Å²) in [4.78, 5) is 11.3. The van der Waals surface area contributed by atoms with Crippen molar-refractivity contribution in [2.75, 3.05) is 5.32 Å². The minimum absolute atomic E-state index is 0. The molecule has 0 bridgehead atoms. The Bertz CT molecular complexity index is 391. The third-order valence-corrected chi connectivity index (χ3v) is 1.77. The van der Waals surface area contributed by atoms with Crippen LogP contribution in [0.4, 0.5) is 18.9 Å². The second kappa shape index (κ2) is 6.60. The van der Waals surface area contributed by atoms with Crippen LogP contribution in [0.15, 0.2) is 12.4 Å². The molecule has 1 amide bonds. The number of alkyl halides is 3. The maximum Gasteiger partial charge on any atom is 0.408 e. The van der Waals surface area contributed by atoms with E-state index in [0.717, 1.165) is 12.4 Å². The Hall–Kier alpha value is -1.28. The average Bonchev–Trinajstić information content (AvgIpc) is 2.46. The molecular formula is C9H14ClF3N4O. The van der Waals surface area contributed by atoms with Gasteiger partial charge in [-0.15, -0.1) is 12.4 Å². The van der Waals surface area contributed by atoms with Crippen molar-refractivity contribution >= 4 is 24.0 Å². The summed E-state index contributed by atoms with van der Waals surface area (Å²) >= 11 is 0. The van der Waals surface area contributed by atoms with Crippen LogP contribution in [0.1, 0.15) is 13.3 Å². The van der Waals surface area contributed by atoms with Crippen molar-refractivity contribution in [2.45, 2.75) is 32.1 Å². The summed E-state index contributed by atoms with van der Waals surface area (Å²) in [5, 5.41) is 5.89. The van der Waals surface area contributed by atoms with Crippen LogP contribution in [0.5, 0.6) is 0 Å². The fourth-order valence-electron chi connectivity index (χ4n) is 1.20. The lowest BCUT2D eigenvalue weighted by Crippen LogP contribution is -2.23. The number of halogens is 4. The van der Waals surface area contributed by atoms with Gasteiger partial charge in [0.2, 0.25) is 5.91 Å². The number of hydrogen-bond donors (Lipinski definition) is 2. The molecule has 0 spiro atoms. The maximum absolute atomic E-state index is 12.0. The second-order valence-corrected chi connectivity index (χ2v) is 3.77. The Morgan fingerprint density at radius 3 is 2.72 bits per heavy atom. The molecule has 0 radical (unpaired) electrons. The number of nitrogens with two attached hydrogens (primary N) is 1. The molecule has 1 rings (SSSR count). The lowest BCUT2D eigenvalue weighted by Gasteiger charge is -2.06. The molecule has 18 heavy (non-hydrogen) atoms. The summed E-state index contributed by atoms with van der Waals surface area (Å²) in [6.45, 7) is 0.475. The highest BCUT2D eigenvalue weighted by atomic mass is 35.5. The number of hydrogen-bond acceptors (Lipinski definition) is 3. The van der Waals surface area contributed by atoms with E-state index < -0.39 is 12.7 Å². The van der Waals surface area contributed by atoms with Crippen LogP contribution in [-0.2, 0) is 11.3 Å². The van der Waals surface area contributed by atoms with Gasteiger partial charge in [-0.1, -0.05) is 0 Å². The average molecular weight is 287 g/mol. The first-order chi connectivity index (χ1) is 7.76. The van der Waals surface area contributed by atoms with Gasteiger partial charge in [-0.2, -0.15) is 18.3 Å². The van der Waals surface area contributed by atoms with Crippen molar-refractivity contribution in [2.24, 2.45) is 5.73 Å². The summed E-state index contributed by atoms with van der Waals surface area (Å²) in [6.07, 6.45) is -1.96. The van der Waals surface area contributed by atoms with Gasteiger partial charge in [0, 0.05) is 18.7 Å². The zero-order valence-corrected chi connectivity index (χ0v) is 10.4. The van der Waals surface area contributed by atoms with E-state index in [1.54, 1.807) is 6.92 Å². The molecule has 3 N–H and O–H groups in total. The van der Waals surface area contributed by atoms with Gasteiger partial charge in [-0.05, 0) is 6.92 Å². The van der Waals surface area contributed by atoms with Gasteiger partial charge in [-0.3, -0.25) is 9.48 Å². The number of aromatic nitrogens is 2. The molecule has 0 aromatic carbocycles. The van der Waals surface area contributed by atoms with Crippen LogP contribution < -0.4 is 11.1 Å². The van der Waals surface area contributed by atoms with Gasteiger partial charge < -0.3 is 11.1 Å². The van der Waals surface area contributed by atoms with Gasteiger partial charge in [0.05, 0.1) is 11.9 Å². The Kier molecular flexibility index (Phi) is 6.13. The first-order valence-electron chi connectivity index (χ1n) is 4.91. The second-order valence-electron chi connectivity index (χ2n) is 3.77. The summed E-state index contributed by atoms with van der Waals surface area (Å²) in [5.41, 5.74) is 5.63. The molecule has 1 aromatic rings. The normalized spacial score (nSPS) is 12.7. The zero-order chi connectivity index (χ0) is 13.1. The number of nitrogens with one attached hydrogen (secondary N) is 1. The summed E-state index contributed by atoms with van der Waals surface area (Å²) in [5.74, 6) is -0.355. The van der Waals surface area contributed by atoms with Crippen molar-refractivity contribution in [3.05, 3.63) is 12.4 Å². The summed E-state index contributed by atoms with van der Waals surface area (Å²) in [6, 6.07) is -0.305. The van der Waals surface area contributed by atoms with E-state index in [1.807, 2.05) is 0 Å². The number of carbonyl (C=O) groups excluding carboxylic acids is 1. The quantitative estimate of drug-likeness (QED) is 0.882. The molecule has 1 heterocycles. The van der Waals surface area contributed by atoms with E-state index in [4.69, 9.17) is 5.73 Å². The van der Waals surface area contributed by atoms with Gasteiger partial charge in [-0.25, -0.2) is 0 Å². The maximum atomic E-state index is 12.0. The van der Waals surface area contributed by atoms with Crippen LogP contribution in [0.25, 0.3) is 0 Å². The van der Waals surface area contributed by atoms with Crippen LogP contribution in [0, 0.1) is 0 Å². The molecule has 5 nitrogen and oxygen atoms in total. The lowest BCUT2D eigenvalue weighted by molar-refractivity contribution is -0.142. The Morgan fingerprint density at radius 2 is 2.22 bits per heavy atom. The fraction of sp³-hybridized carbons (Fsp3) is 0.556. The van der Waals surface area contributed by atoms with Gasteiger partial charge in [0.1, 0.15) is 6.54 Å². The largest absolute Gasteiger partial charge is 0.408 e. The monoisotopic (exact) mass is 286 g/mol. The van der Waals surface area contributed by atoms with Crippen molar-refractivity contribution in [3.8, 4) is 0 Å². The van der Waals surface area contributed by atoms with Gasteiger partial charge in [0.15, 0.2) is 0 Å². The predicted molar refractivity (Wildman–Crippen MR) is 62.4 cm³/mol. The van der Waals surface area contributed by atoms with Gasteiger partial charge in [0.25, 0.3) is 0 Å². The van der Waals surface area contributed by atoms with Crippen molar-refractivity contribution in [1.82, 2.24) is 9.78 Å². The molecule has 0 saturated carbocycles. The predicted octanol–water partition coefficient (Wildman–Crippen LogP) is 1.54. The highest BCUT2D eigenvalue weighted by molar-refractivity contribution is 5.90. The molecule has 0 fully saturated rings. The Balaban J connectivity index is 0.00000289. The van der Waals surface area contributed by atoms with Crippen LogP contribution >= 0.6 is 12.4 Å². The number of anilines is 1. The van der Waals surface area contributed by atoms with Crippen molar-refractivity contribution in [1.29, 1.82) is 0 Å². The summed E-state index contributed by atoms with van der Waals surface area (Å²) in [7, 11) is 0. The van der Waals surface area contributed by atoms with Crippen molar-refractivity contribution in [3.63, 3.8) is 0 Å². The Labute approximate surface area is 108 Å². The Morgan fingerprint density at radius 1 is 1.61 bits per heavy atom. The lowest BCUT2D eigenvalue weighted by atomic mass is 10.2. The first-order valence-corrected chi connectivity index (χ1v) is 4.91. The third-order valence-electron chi connectivity index (χ3n) is 1.77. The third kappa shape index (κ3) is 6.45. The molecule has 1 unspecified atom stereocenters. The molecular weight excluding hydrogens is 273 g/mol. The van der Waals surface area contributed by atoms with E-state index in [2.05, 4.69) is 10.4 Å². The molecule has 0 aliphatic heterocycles. The van der Waals surface area contributed by atoms with Crippen LogP contribution in [0.2, 0.25) is 0 Å². The molecule has 1 aromatic heterocycles. The number of rotatable bonds is 4. The van der Waals surface area contributed by atoms with Gasteiger partial charge >= 0.3 is 6.18 Å². The van der Waals surface area contributed by atoms with E-state index in [1.165, 1.54) is 0 Å². The molecule has 9 heteroatoms. The zero-order valence-electron chi connectivity index (χ0n) is 9.57. The highest BCUT2D eigenvalue weighted by Gasteiger charge is 2.28. The van der Waals surface area contributed by atoms with E-state index in [9.17, 15) is 18.0 Å². The molecule has 0 aliphatic rings. The number of nitrogens with zero attached hydrogens (tertiary/aromatic N) is 2. The molecule has 1 atom stereocenters. The standard InChI is InChI=1S/C9H13F3N4O.ClH/c1-6(13)2-8(17)15-7-3-14-16(4-7)5-9(10,11)12;/h3-4,6H,2,5,13H2,1H3,(H,15,17);1H. The number of carbonyl (C=O) groups is 1. The SMILES string of the molecule is CC(N)CC(=O)Nc1cnn(CC(F)(F)F)c1.Cl. The van der Waals surface area contributed by atoms with E-state index in [0.29, 0.717) is 4.68 Å². The first kappa shape index (κ1) is 16.7.